The predicted octanol–water partition coefficient (Wildman–Crippen LogP) is 2.81. The van der Waals surface area contributed by atoms with Gasteiger partial charge in [0.2, 0.25) is 0 Å². The summed E-state index contributed by atoms with van der Waals surface area (Å²) in [6.45, 7) is 0.952. The van der Waals surface area contributed by atoms with Gasteiger partial charge < -0.3 is 11.1 Å². The van der Waals surface area contributed by atoms with E-state index in [1.54, 1.807) is 30.5 Å². The Bertz CT molecular complexity index is 992. The van der Waals surface area contributed by atoms with Crippen LogP contribution in [0.3, 0.4) is 0 Å². The minimum atomic E-state index is -1.56. The van der Waals surface area contributed by atoms with E-state index in [4.69, 9.17) is 5.73 Å². The maximum absolute atomic E-state index is 15.0. The number of carbonyl (C=O) groups excluding carboxylic acids is 1. The van der Waals surface area contributed by atoms with E-state index in [9.17, 15) is 9.18 Å². The summed E-state index contributed by atoms with van der Waals surface area (Å²) in [5.41, 5.74) is 4.99. The molecule has 3 aromatic rings. The maximum atomic E-state index is 15.0. The molecule has 1 amide bonds. The number of halogens is 2. The molecule has 0 aliphatic carbocycles. The molecular formula is C19H18F2N4O. The van der Waals surface area contributed by atoms with E-state index in [1.807, 2.05) is 0 Å². The molecule has 5 nitrogen and oxygen atoms in total. The highest BCUT2D eigenvalue weighted by Crippen LogP contribution is 2.34. The third-order valence-electron chi connectivity index (χ3n) is 4.85. The monoisotopic (exact) mass is 356 g/mol. The zero-order chi connectivity index (χ0) is 18.3. The van der Waals surface area contributed by atoms with Gasteiger partial charge in [0.15, 0.2) is 0 Å². The van der Waals surface area contributed by atoms with Crippen molar-refractivity contribution in [3.05, 3.63) is 59.5 Å². The highest BCUT2D eigenvalue weighted by molar-refractivity contribution is 6.04. The molecule has 2 heterocycles. The van der Waals surface area contributed by atoms with Crippen LogP contribution in [0.4, 0.5) is 8.78 Å². The van der Waals surface area contributed by atoms with Gasteiger partial charge in [-0.1, -0.05) is 18.2 Å². The van der Waals surface area contributed by atoms with Crippen LogP contribution in [-0.2, 0) is 5.67 Å². The van der Waals surface area contributed by atoms with Crippen LogP contribution >= 0.6 is 0 Å². The van der Waals surface area contributed by atoms with Crippen molar-refractivity contribution in [3.8, 4) is 5.69 Å². The number of rotatable bonds is 3. The van der Waals surface area contributed by atoms with Gasteiger partial charge in [0.1, 0.15) is 22.7 Å². The zero-order valence-electron chi connectivity index (χ0n) is 14.0. The summed E-state index contributed by atoms with van der Waals surface area (Å²) in [6.07, 6.45) is 2.69. The molecule has 1 saturated heterocycles. The van der Waals surface area contributed by atoms with Crippen molar-refractivity contribution in [1.82, 2.24) is 15.1 Å². The second-order valence-electron chi connectivity index (χ2n) is 6.59. The Balaban J connectivity index is 1.76. The summed E-state index contributed by atoms with van der Waals surface area (Å²) in [4.78, 5) is 11.5. The summed E-state index contributed by atoms with van der Waals surface area (Å²) in [7, 11) is 0. The first-order valence-electron chi connectivity index (χ1n) is 8.46. The Hall–Kier alpha value is -2.80. The Labute approximate surface area is 148 Å². The van der Waals surface area contributed by atoms with E-state index >= 15 is 4.39 Å². The van der Waals surface area contributed by atoms with Crippen molar-refractivity contribution in [2.75, 3.05) is 13.1 Å². The average molecular weight is 356 g/mol. The van der Waals surface area contributed by atoms with Crippen LogP contribution < -0.4 is 11.1 Å². The molecule has 134 valence electrons. The SMILES string of the molecule is NC(=O)c1cccc2cn(-c3ccc([C@@]4(F)CCCNC4)cc3F)nc12. The van der Waals surface area contributed by atoms with Crippen molar-refractivity contribution in [2.45, 2.75) is 18.5 Å². The van der Waals surface area contributed by atoms with E-state index in [0.717, 1.165) is 6.54 Å². The van der Waals surface area contributed by atoms with Crippen LogP contribution in [0.25, 0.3) is 16.6 Å². The van der Waals surface area contributed by atoms with Gasteiger partial charge in [-0.05, 0) is 43.1 Å². The second kappa shape index (κ2) is 6.17. The number of aromatic nitrogens is 2. The van der Waals surface area contributed by atoms with E-state index in [0.29, 0.717) is 29.3 Å². The molecule has 4 rings (SSSR count). The first-order valence-corrected chi connectivity index (χ1v) is 8.46. The van der Waals surface area contributed by atoms with Gasteiger partial charge in [0, 0.05) is 18.1 Å². The molecule has 3 N–H and O–H groups in total. The van der Waals surface area contributed by atoms with E-state index in [-0.39, 0.29) is 17.8 Å². The van der Waals surface area contributed by atoms with Gasteiger partial charge in [-0.15, -0.1) is 0 Å². The minimum Gasteiger partial charge on any atom is -0.366 e. The summed E-state index contributed by atoms with van der Waals surface area (Å²) in [6, 6.07) is 9.36. The topological polar surface area (TPSA) is 72.9 Å². The molecule has 0 saturated carbocycles. The third kappa shape index (κ3) is 2.74. The van der Waals surface area contributed by atoms with Crippen LogP contribution in [0.5, 0.6) is 0 Å². The summed E-state index contributed by atoms with van der Waals surface area (Å²) in [5, 5.41) is 7.98. The largest absolute Gasteiger partial charge is 0.366 e. The van der Waals surface area contributed by atoms with Crippen LogP contribution in [0, 0.1) is 5.82 Å². The van der Waals surface area contributed by atoms with Gasteiger partial charge in [-0.3, -0.25) is 4.79 Å². The van der Waals surface area contributed by atoms with Gasteiger partial charge in [0.05, 0.1) is 5.56 Å². The number of benzene rings is 2. The fraction of sp³-hybridized carbons (Fsp3) is 0.263. The third-order valence-corrected chi connectivity index (χ3v) is 4.85. The van der Waals surface area contributed by atoms with Crippen molar-refractivity contribution >= 4 is 16.8 Å². The quantitative estimate of drug-likeness (QED) is 0.758. The Kier molecular flexibility index (Phi) is 3.96. The predicted molar refractivity (Wildman–Crippen MR) is 94.4 cm³/mol. The summed E-state index contributed by atoms with van der Waals surface area (Å²) in [5.74, 6) is -1.17. The molecule has 1 fully saturated rings. The van der Waals surface area contributed by atoms with Crippen LogP contribution in [0.2, 0.25) is 0 Å². The molecule has 1 atom stereocenters. The minimum absolute atomic E-state index is 0.180. The van der Waals surface area contributed by atoms with Crippen LogP contribution in [-0.4, -0.2) is 28.8 Å². The smallest absolute Gasteiger partial charge is 0.250 e. The number of hydrogen-bond acceptors (Lipinski definition) is 3. The first-order chi connectivity index (χ1) is 12.5. The number of primary amides is 1. The van der Waals surface area contributed by atoms with Gasteiger partial charge in [-0.25, -0.2) is 13.5 Å². The lowest BCUT2D eigenvalue weighted by Crippen LogP contribution is -2.40. The Morgan fingerprint density at radius 3 is 2.85 bits per heavy atom. The van der Waals surface area contributed by atoms with E-state index in [1.165, 1.54) is 16.8 Å². The van der Waals surface area contributed by atoms with Crippen molar-refractivity contribution < 1.29 is 13.6 Å². The highest BCUT2D eigenvalue weighted by atomic mass is 19.1. The Morgan fingerprint density at radius 2 is 2.15 bits per heavy atom. The maximum Gasteiger partial charge on any atom is 0.250 e. The lowest BCUT2D eigenvalue weighted by Gasteiger charge is -2.30. The fourth-order valence-corrected chi connectivity index (χ4v) is 3.45. The van der Waals surface area contributed by atoms with Crippen molar-refractivity contribution in [2.24, 2.45) is 5.73 Å². The summed E-state index contributed by atoms with van der Waals surface area (Å²) < 4.78 is 31.1. The number of nitrogens with two attached hydrogens (primary N) is 1. The number of nitrogens with one attached hydrogen (secondary N) is 1. The molecule has 1 aliphatic heterocycles. The van der Waals surface area contributed by atoms with Gasteiger partial charge in [-0.2, -0.15) is 5.10 Å². The second-order valence-corrected chi connectivity index (χ2v) is 6.59. The summed E-state index contributed by atoms with van der Waals surface area (Å²) >= 11 is 0. The molecular weight excluding hydrogens is 338 g/mol. The number of piperidine rings is 1. The van der Waals surface area contributed by atoms with Crippen LogP contribution in [0.15, 0.2) is 42.6 Å². The highest BCUT2D eigenvalue weighted by Gasteiger charge is 2.34. The van der Waals surface area contributed by atoms with Crippen molar-refractivity contribution in [1.29, 1.82) is 0 Å². The molecule has 7 heteroatoms. The number of nitrogens with zero attached hydrogens (tertiary/aromatic N) is 2. The fourth-order valence-electron chi connectivity index (χ4n) is 3.45. The van der Waals surface area contributed by atoms with E-state index < -0.39 is 17.4 Å². The molecule has 0 radical (unpaired) electrons. The molecule has 1 aromatic heterocycles. The first kappa shape index (κ1) is 16.7. The molecule has 2 aromatic carbocycles. The molecule has 0 unspecified atom stereocenters. The lowest BCUT2D eigenvalue weighted by atomic mass is 9.88. The molecule has 0 spiro atoms. The normalized spacial score (nSPS) is 20.4. The van der Waals surface area contributed by atoms with E-state index in [2.05, 4.69) is 10.4 Å². The average Bonchev–Trinajstić information content (AvgIpc) is 3.05. The number of carbonyl (C=O) groups is 1. The molecule has 1 aliphatic rings. The van der Waals surface area contributed by atoms with Gasteiger partial charge >= 0.3 is 0 Å². The van der Waals surface area contributed by atoms with Crippen LogP contribution in [0.1, 0.15) is 28.8 Å². The molecule has 0 bridgehead atoms. The van der Waals surface area contributed by atoms with Gasteiger partial charge in [0.25, 0.3) is 5.91 Å². The number of alkyl halides is 1. The number of fused-ring (bicyclic) bond motifs is 1. The lowest BCUT2D eigenvalue weighted by molar-refractivity contribution is 0.100. The van der Waals surface area contributed by atoms with Crippen molar-refractivity contribution in [3.63, 3.8) is 0 Å². The molecule has 26 heavy (non-hydrogen) atoms. The Morgan fingerprint density at radius 1 is 1.31 bits per heavy atom. The number of hydrogen-bond donors (Lipinski definition) is 2. The number of amides is 1. The standard InChI is InChI=1S/C19H18F2N4O/c20-15-9-13(19(21)7-2-8-23-11-19)5-6-16(15)25-10-12-3-1-4-14(18(22)26)17(12)24-25/h1,3-6,9-10,23H,2,7-8,11H2,(H2,22,26)/t19-/m1/s1. The zero-order valence-corrected chi connectivity index (χ0v) is 14.0.